The lowest BCUT2D eigenvalue weighted by atomic mass is 9.98. The zero-order valence-corrected chi connectivity index (χ0v) is 15.8. The molecule has 3 aromatic rings. The predicted octanol–water partition coefficient (Wildman–Crippen LogP) is 3.74. The van der Waals surface area contributed by atoms with Crippen molar-refractivity contribution in [2.24, 2.45) is 0 Å². The molecule has 3 N–H and O–H groups in total. The summed E-state index contributed by atoms with van der Waals surface area (Å²) in [7, 11) is 0. The maximum atomic E-state index is 12.6. The number of hydrogen-bond donors (Lipinski definition) is 3. The molecule has 3 rings (SSSR count). The monoisotopic (exact) mass is 364 g/mol. The smallest absolute Gasteiger partial charge is 0.255 e. The fourth-order valence-electron chi connectivity index (χ4n) is 2.73. The van der Waals surface area contributed by atoms with Crippen molar-refractivity contribution in [1.82, 2.24) is 15.2 Å². The molecule has 0 atom stereocenters. The Bertz CT molecular complexity index is 941. The summed E-state index contributed by atoms with van der Waals surface area (Å²) < 4.78 is 0. The molecule has 6 nitrogen and oxygen atoms in total. The summed E-state index contributed by atoms with van der Waals surface area (Å²) in [5, 5.41) is 19.8. The molecule has 0 aliphatic carbocycles. The number of aryl methyl sites for hydroxylation is 2. The predicted molar refractivity (Wildman–Crippen MR) is 106 cm³/mol. The third-order valence-electron chi connectivity index (χ3n) is 4.19. The standard InChI is InChI=1S/C21H24N4O2/c1-14-22-19(25-24-14)16-7-5-9-18(13-16)23-20(26)17-8-4-6-15(12-17)10-11-21(2,3)27/h4-9,12-13,27H,10-11H2,1-3H3,(H,23,26)(H,22,24,25). The lowest BCUT2D eigenvalue weighted by molar-refractivity contribution is 0.0714. The average Bonchev–Trinajstić information content (AvgIpc) is 3.06. The number of benzene rings is 2. The first-order valence-corrected chi connectivity index (χ1v) is 8.92. The topological polar surface area (TPSA) is 90.9 Å². The van der Waals surface area contributed by atoms with Crippen LogP contribution >= 0.6 is 0 Å². The van der Waals surface area contributed by atoms with Crippen LogP contribution in [-0.2, 0) is 6.42 Å². The van der Waals surface area contributed by atoms with Crippen molar-refractivity contribution in [2.45, 2.75) is 39.2 Å². The number of H-pyrrole nitrogens is 1. The van der Waals surface area contributed by atoms with Gasteiger partial charge in [-0.3, -0.25) is 9.89 Å². The van der Waals surface area contributed by atoms with Crippen LogP contribution in [0.1, 0.15) is 42.0 Å². The van der Waals surface area contributed by atoms with Crippen LogP contribution in [0, 0.1) is 6.92 Å². The first kappa shape index (κ1) is 18.8. The molecule has 0 radical (unpaired) electrons. The van der Waals surface area contributed by atoms with Crippen LogP contribution in [-0.4, -0.2) is 31.8 Å². The number of carbonyl (C=O) groups is 1. The van der Waals surface area contributed by atoms with Gasteiger partial charge in [0, 0.05) is 16.8 Å². The van der Waals surface area contributed by atoms with Gasteiger partial charge in [-0.15, -0.1) is 0 Å². The second-order valence-corrected chi connectivity index (χ2v) is 7.29. The highest BCUT2D eigenvalue weighted by Gasteiger charge is 2.13. The number of hydrogen-bond acceptors (Lipinski definition) is 4. The molecule has 0 saturated heterocycles. The highest BCUT2D eigenvalue weighted by molar-refractivity contribution is 6.04. The van der Waals surface area contributed by atoms with E-state index in [9.17, 15) is 9.90 Å². The Morgan fingerprint density at radius 1 is 1.19 bits per heavy atom. The van der Waals surface area contributed by atoms with E-state index < -0.39 is 5.60 Å². The lowest BCUT2D eigenvalue weighted by Gasteiger charge is -2.16. The Morgan fingerprint density at radius 2 is 1.96 bits per heavy atom. The number of anilines is 1. The Kier molecular flexibility index (Phi) is 5.37. The fraction of sp³-hybridized carbons (Fsp3) is 0.286. The van der Waals surface area contributed by atoms with Crippen LogP contribution in [0.25, 0.3) is 11.4 Å². The van der Waals surface area contributed by atoms with Gasteiger partial charge in [-0.2, -0.15) is 5.10 Å². The van der Waals surface area contributed by atoms with E-state index in [2.05, 4.69) is 20.5 Å². The number of nitrogens with zero attached hydrogens (tertiary/aromatic N) is 2. The second-order valence-electron chi connectivity index (χ2n) is 7.29. The minimum atomic E-state index is -0.725. The summed E-state index contributed by atoms with van der Waals surface area (Å²) in [4.78, 5) is 16.9. The van der Waals surface area contributed by atoms with Crippen LogP contribution in [0.3, 0.4) is 0 Å². The van der Waals surface area contributed by atoms with E-state index in [1.165, 1.54) is 0 Å². The number of nitrogens with one attached hydrogen (secondary N) is 2. The Hall–Kier alpha value is -2.99. The second kappa shape index (κ2) is 7.72. The van der Waals surface area contributed by atoms with Crippen molar-refractivity contribution >= 4 is 11.6 Å². The molecule has 0 bridgehead atoms. The summed E-state index contributed by atoms with van der Waals surface area (Å²) >= 11 is 0. The van der Waals surface area contributed by atoms with Gasteiger partial charge in [-0.1, -0.05) is 24.3 Å². The Morgan fingerprint density at radius 3 is 2.67 bits per heavy atom. The molecule has 1 amide bonds. The molecule has 0 saturated carbocycles. The lowest BCUT2D eigenvalue weighted by Crippen LogP contribution is -2.19. The van der Waals surface area contributed by atoms with Crippen molar-refractivity contribution in [2.75, 3.05) is 5.32 Å². The average molecular weight is 364 g/mol. The molecule has 1 heterocycles. The molecule has 140 valence electrons. The van der Waals surface area contributed by atoms with E-state index in [0.717, 1.165) is 17.0 Å². The molecule has 2 aromatic carbocycles. The number of aliphatic hydroxyl groups is 1. The van der Waals surface area contributed by atoms with Crippen molar-refractivity contribution in [1.29, 1.82) is 0 Å². The van der Waals surface area contributed by atoms with Crippen molar-refractivity contribution in [3.05, 3.63) is 65.5 Å². The van der Waals surface area contributed by atoms with Gasteiger partial charge >= 0.3 is 0 Å². The summed E-state index contributed by atoms with van der Waals surface area (Å²) in [5.41, 5.74) is 2.40. The minimum absolute atomic E-state index is 0.177. The van der Waals surface area contributed by atoms with Gasteiger partial charge in [0.2, 0.25) is 0 Å². The fourth-order valence-corrected chi connectivity index (χ4v) is 2.73. The largest absolute Gasteiger partial charge is 0.390 e. The van der Waals surface area contributed by atoms with E-state index in [0.29, 0.717) is 29.9 Å². The van der Waals surface area contributed by atoms with Crippen LogP contribution in [0.5, 0.6) is 0 Å². The number of amides is 1. The maximum Gasteiger partial charge on any atom is 0.255 e. The molecule has 1 aromatic heterocycles. The first-order valence-electron chi connectivity index (χ1n) is 8.92. The third kappa shape index (κ3) is 5.24. The molecule has 0 spiro atoms. The van der Waals surface area contributed by atoms with E-state index in [1.807, 2.05) is 49.4 Å². The molecule has 27 heavy (non-hydrogen) atoms. The summed E-state index contributed by atoms with van der Waals surface area (Å²) in [5.74, 6) is 1.16. The quantitative estimate of drug-likeness (QED) is 0.621. The van der Waals surface area contributed by atoms with Gasteiger partial charge in [0.15, 0.2) is 5.82 Å². The normalized spacial score (nSPS) is 11.4. The summed E-state index contributed by atoms with van der Waals surface area (Å²) in [6.45, 7) is 5.41. The maximum absolute atomic E-state index is 12.6. The van der Waals surface area contributed by atoms with Crippen molar-refractivity contribution in [3.63, 3.8) is 0 Å². The highest BCUT2D eigenvalue weighted by Crippen LogP contribution is 2.20. The number of rotatable bonds is 6. The van der Waals surface area contributed by atoms with Crippen molar-refractivity contribution < 1.29 is 9.90 Å². The molecular weight excluding hydrogens is 340 g/mol. The van der Waals surface area contributed by atoms with Gasteiger partial charge in [-0.05, 0) is 63.4 Å². The van der Waals surface area contributed by atoms with E-state index in [4.69, 9.17) is 0 Å². The van der Waals surface area contributed by atoms with Gasteiger partial charge in [0.05, 0.1) is 5.60 Å². The zero-order chi connectivity index (χ0) is 19.4. The SMILES string of the molecule is Cc1nc(-c2cccc(NC(=O)c3cccc(CCC(C)(C)O)c3)c2)n[nH]1. The number of carbonyl (C=O) groups excluding carboxylic acids is 1. The van der Waals surface area contributed by atoms with Gasteiger partial charge in [0.1, 0.15) is 5.82 Å². The highest BCUT2D eigenvalue weighted by atomic mass is 16.3. The minimum Gasteiger partial charge on any atom is -0.390 e. The molecule has 0 aliphatic heterocycles. The van der Waals surface area contributed by atoms with Crippen LogP contribution in [0.2, 0.25) is 0 Å². The van der Waals surface area contributed by atoms with Crippen LogP contribution < -0.4 is 5.32 Å². The third-order valence-corrected chi connectivity index (χ3v) is 4.19. The Balaban J connectivity index is 1.72. The zero-order valence-electron chi connectivity index (χ0n) is 15.8. The van der Waals surface area contributed by atoms with Gasteiger partial charge in [0.25, 0.3) is 5.91 Å². The molecule has 0 aliphatic rings. The summed E-state index contributed by atoms with van der Waals surface area (Å²) in [6.07, 6.45) is 1.35. The van der Waals surface area contributed by atoms with E-state index >= 15 is 0 Å². The molecular formula is C21H24N4O2. The van der Waals surface area contributed by atoms with Crippen LogP contribution in [0.15, 0.2) is 48.5 Å². The first-order chi connectivity index (χ1) is 12.8. The Labute approximate surface area is 158 Å². The van der Waals surface area contributed by atoms with Crippen LogP contribution in [0.4, 0.5) is 5.69 Å². The van der Waals surface area contributed by atoms with Gasteiger partial charge in [-0.25, -0.2) is 4.98 Å². The van der Waals surface area contributed by atoms with Crippen molar-refractivity contribution in [3.8, 4) is 11.4 Å². The summed E-state index contributed by atoms with van der Waals surface area (Å²) in [6, 6.07) is 14.9. The number of aromatic amines is 1. The molecule has 6 heteroatoms. The molecule has 0 unspecified atom stereocenters. The van der Waals surface area contributed by atoms with Gasteiger partial charge < -0.3 is 10.4 Å². The van der Waals surface area contributed by atoms with E-state index in [-0.39, 0.29) is 5.91 Å². The molecule has 0 fully saturated rings. The van der Waals surface area contributed by atoms with E-state index in [1.54, 1.807) is 19.9 Å². The number of aromatic nitrogens is 3.